The minimum absolute atomic E-state index is 0.469. The van der Waals surface area contributed by atoms with E-state index in [9.17, 15) is 0 Å². The van der Waals surface area contributed by atoms with E-state index in [4.69, 9.17) is 28.2 Å². The van der Waals surface area contributed by atoms with Crippen LogP contribution in [0.4, 0.5) is 0 Å². The third-order valence-corrected chi connectivity index (χ3v) is 6.41. The number of imidazole rings is 1. The lowest BCUT2D eigenvalue weighted by Crippen LogP contribution is -2.00. The predicted molar refractivity (Wildman–Crippen MR) is 124 cm³/mol. The maximum Gasteiger partial charge on any atom is 0.196 e. The molecule has 0 bridgehead atoms. The van der Waals surface area contributed by atoms with Crippen LogP contribution in [0.5, 0.6) is 0 Å². The van der Waals surface area contributed by atoms with Crippen molar-refractivity contribution in [3.63, 3.8) is 0 Å². The fourth-order valence-electron chi connectivity index (χ4n) is 3.27. The Morgan fingerprint density at radius 1 is 1.00 bits per heavy atom. The number of rotatable bonds is 5. The Morgan fingerprint density at radius 3 is 2.71 bits per heavy atom. The largest absolute Gasteiger partial charge is 0.307 e. The molecule has 0 saturated heterocycles. The van der Waals surface area contributed by atoms with Gasteiger partial charge in [0.15, 0.2) is 11.0 Å². The normalized spacial score (nSPS) is 11.3. The second kappa shape index (κ2) is 8.34. The van der Waals surface area contributed by atoms with Gasteiger partial charge in [-0.15, -0.1) is 10.2 Å². The summed E-state index contributed by atoms with van der Waals surface area (Å²) in [6, 6.07) is 13.4. The van der Waals surface area contributed by atoms with Crippen LogP contribution in [0.3, 0.4) is 0 Å². The van der Waals surface area contributed by atoms with Crippen molar-refractivity contribution < 1.29 is 0 Å². The summed E-state index contributed by atoms with van der Waals surface area (Å²) < 4.78 is 4.00. The quantitative estimate of drug-likeness (QED) is 0.302. The number of fused-ring (bicyclic) bond motifs is 1. The van der Waals surface area contributed by atoms with Gasteiger partial charge in [-0.2, -0.15) is 0 Å². The summed E-state index contributed by atoms with van der Waals surface area (Å²) in [6.45, 7) is 2.06. The Bertz CT molecular complexity index is 1380. The molecule has 0 atom stereocenters. The van der Waals surface area contributed by atoms with Crippen LogP contribution in [-0.2, 0) is 5.75 Å². The first-order chi connectivity index (χ1) is 15.1. The fourth-order valence-corrected chi connectivity index (χ4v) is 4.39. The van der Waals surface area contributed by atoms with Gasteiger partial charge in [-0.1, -0.05) is 41.0 Å². The van der Waals surface area contributed by atoms with Gasteiger partial charge in [0.2, 0.25) is 0 Å². The summed E-state index contributed by atoms with van der Waals surface area (Å²) in [5, 5.41) is 10.6. The van der Waals surface area contributed by atoms with Gasteiger partial charge in [-0.05, 0) is 48.9 Å². The summed E-state index contributed by atoms with van der Waals surface area (Å²) in [7, 11) is 0. The summed E-state index contributed by atoms with van der Waals surface area (Å²) in [4.78, 5) is 8.91. The minimum Gasteiger partial charge on any atom is -0.307 e. The van der Waals surface area contributed by atoms with Crippen molar-refractivity contribution in [1.82, 2.24) is 29.1 Å². The molecule has 0 aliphatic carbocycles. The molecular formula is C22H16Cl2N6S. The van der Waals surface area contributed by atoms with Crippen LogP contribution in [0.1, 0.15) is 11.3 Å². The molecule has 0 spiro atoms. The van der Waals surface area contributed by atoms with Crippen LogP contribution in [0, 0.1) is 6.92 Å². The van der Waals surface area contributed by atoms with Crippen molar-refractivity contribution in [2.24, 2.45) is 0 Å². The molecule has 1 aromatic carbocycles. The van der Waals surface area contributed by atoms with E-state index in [2.05, 4.69) is 34.4 Å². The van der Waals surface area contributed by atoms with Crippen LogP contribution in [0.25, 0.3) is 22.7 Å². The monoisotopic (exact) mass is 466 g/mol. The first-order valence-electron chi connectivity index (χ1n) is 9.47. The topological polar surface area (TPSA) is 60.9 Å². The van der Waals surface area contributed by atoms with Crippen molar-refractivity contribution >= 4 is 40.6 Å². The predicted octanol–water partition coefficient (Wildman–Crippen LogP) is 5.88. The van der Waals surface area contributed by atoms with Gasteiger partial charge >= 0.3 is 0 Å². The molecular weight excluding hydrogens is 451 g/mol. The zero-order valence-corrected chi connectivity index (χ0v) is 18.7. The number of aromatic nitrogens is 6. The average Bonchev–Trinajstić information content (AvgIpc) is 3.38. The molecule has 0 N–H and O–H groups in total. The minimum atomic E-state index is 0.469. The molecule has 31 heavy (non-hydrogen) atoms. The summed E-state index contributed by atoms with van der Waals surface area (Å²) in [5.41, 5.74) is 4.75. The van der Waals surface area contributed by atoms with Gasteiger partial charge in [0.25, 0.3) is 0 Å². The van der Waals surface area contributed by atoms with E-state index in [0.29, 0.717) is 21.6 Å². The molecule has 0 saturated carbocycles. The van der Waals surface area contributed by atoms with Crippen LogP contribution in [0.2, 0.25) is 10.0 Å². The number of hydrogen-bond acceptors (Lipinski definition) is 5. The van der Waals surface area contributed by atoms with E-state index in [1.54, 1.807) is 30.2 Å². The van der Waals surface area contributed by atoms with Crippen molar-refractivity contribution in [2.45, 2.75) is 17.8 Å². The molecule has 5 aromatic rings. The highest BCUT2D eigenvalue weighted by Crippen LogP contribution is 2.32. The molecule has 0 amide bonds. The second-order valence-corrected chi connectivity index (χ2v) is 8.73. The molecule has 0 radical (unpaired) electrons. The molecule has 5 rings (SSSR count). The lowest BCUT2D eigenvalue weighted by molar-refractivity contribution is 0.885. The van der Waals surface area contributed by atoms with E-state index in [1.165, 1.54) is 5.56 Å². The Morgan fingerprint density at radius 2 is 1.90 bits per heavy atom. The first-order valence-corrected chi connectivity index (χ1v) is 11.2. The van der Waals surface area contributed by atoms with Crippen LogP contribution >= 0.6 is 35.0 Å². The van der Waals surface area contributed by atoms with Gasteiger partial charge in [-0.25, -0.2) is 4.98 Å². The average molecular weight is 467 g/mol. The molecule has 9 heteroatoms. The Balaban J connectivity index is 1.53. The van der Waals surface area contributed by atoms with Crippen molar-refractivity contribution in [3.05, 3.63) is 88.6 Å². The fraction of sp³-hybridized carbons (Fsp3) is 0.0909. The van der Waals surface area contributed by atoms with Gasteiger partial charge in [-0.3, -0.25) is 9.55 Å². The number of benzene rings is 1. The highest BCUT2D eigenvalue weighted by Gasteiger charge is 2.18. The number of pyridine rings is 2. The second-order valence-electron chi connectivity index (χ2n) is 6.97. The van der Waals surface area contributed by atoms with E-state index in [1.807, 2.05) is 45.5 Å². The zero-order chi connectivity index (χ0) is 21.4. The molecule has 0 unspecified atom stereocenters. The standard InChI is InChI=1S/C22H16Cl2N6S/c1-14-4-7-20-26-16(12-29(20)11-14)13-31-22-28-27-21(15-3-2-8-25-10-15)30(22)17-5-6-18(23)19(24)9-17/h2-12H,13H2,1H3. The van der Waals surface area contributed by atoms with Crippen LogP contribution in [-0.4, -0.2) is 29.1 Å². The Hall–Kier alpha value is -2.87. The highest BCUT2D eigenvalue weighted by molar-refractivity contribution is 7.98. The molecule has 4 aromatic heterocycles. The summed E-state index contributed by atoms with van der Waals surface area (Å²) in [6.07, 6.45) is 7.59. The lowest BCUT2D eigenvalue weighted by Gasteiger charge is -2.11. The van der Waals surface area contributed by atoms with E-state index in [-0.39, 0.29) is 0 Å². The molecule has 6 nitrogen and oxygen atoms in total. The molecule has 154 valence electrons. The molecule has 4 heterocycles. The third-order valence-electron chi connectivity index (χ3n) is 4.71. The smallest absolute Gasteiger partial charge is 0.196 e. The SMILES string of the molecule is Cc1ccc2nc(CSc3nnc(-c4cccnc4)n3-c3ccc(Cl)c(Cl)c3)cn2c1. The van der Waals surface area contributed by atoms with E-state index >= 15 is 0 Å². The molecule has 0 aliphatic heterocycles. The van der Waals surface area contributed by atoms with Gasteiger partial charge in [0.1, 0.15) is 5.65 Å². The van der Waals surface area contributed by atoms with Crippen molar-refractivity contribution in [2.75, 3.05) is 0 Å². The number of thioether (sulfide) groups is 1. The van der Waals surface area contributed by atoms with Crippen LogP contribution in [0.15, 0.2) is 72.4 Å². The number of aryl methyl sites for hydroxylation is 1. The third kappa shape index (κ3) is 4.04. The Kier molecular flexibility index (Phi) is 5.40. The van der Waals surface area contributed by atoms with Gasteiger partial charge < -0.3 is 4.40 Å². The maximum absolute atomic E-state index is 6.29. The first kappa shape index (κ1) is 20.1. The molecule has 0 fully saturated rings. The maximum atomic E-state index is 6.29. The van der Waals surface area contributed by atoms with E-state index < -0.39 is 0 Å². The summed E-state index contributed by atoms with van der Waals surface area (Å²) in [5.74, 6) is 1.33. The van der Waals surface area contributed by atoms with Gasteiger partial charge in [0, 0.05) is 36.1 Å². The molecule has 0 aliphatic rings. The van der Waals surface area contributed by atoms with Crippen molar-refractivity contribution in [1.29, 1.82) is 0 Å². The number of hydrogen-bond donors (Lipinski definition) is 0. The van der Waals surface area contributed by atoms with Crippen LogP contribution < -0.4 is 0 Å². The number of nitrogens with zero attached hydrogens (tertiary/aromatic N) is 6. The van der Waals surface area contributed by atoms with E-state index in [0.717, 1.165) is 27.7 Å². The zero-order valence-electron chi connectivity index (χ0n) is 16.4. The van der Waals surface area contributed by atoms with Gasteiger partial charge in [0.05, 0.1) is 21.4 Å². The highest BCUT2D eigenvalue weighted by atomic mass is 35.5. The van der Waals surface area contributed by atoms with Crippen molar-refractivity contribution in [3.8, 4) is 17.1 Å². The number of halogens is 2. The Labute approximate surface area is 192 Å². The summed E-state index contributed by atoms with van der Waals surface area (Å²) >= 11 is 14.0. The lowest BCUT2D eigenvalue weighted by atomic mass is 10.2.